The number of nitrogen functional groups attached to an aromatic ring is 2. The minimum Gasteiger partial charge on any atom is -0.478 e. The first-order chi connectivity index (χ1) is 19.1. The molecule has 0 unspecified atom stereocenters. The fourth-order valence-electron chi connectivity index (χ4n) is 3.41. The quantitative estimate of drug-likeness (QED) is 0.0920. The fourth-order valence-corrected chi connectivity index (χ4v) is 3.41. The van der Waals surface area contributed by atoms with Gasteiger partial charge in [0, 0.05) is 29.8 Å². The minimum absolute atomic E-state index is 0.0188. The van der Waals surface area contributed by atoms with Gasteiger partial charge in [0.25, 0.3) is 0 Å². The number of carbonyl (C=O) groups is 3. The summed E-state index contributed by atoms with van der Waals surface area (Å²) in [5.74, 6) is -8.34. The van der Waals surface area contributed by atoms with Crippen LogP contribution in [0.25, 0.3) is 6.08 Å². The van der Waals surface area contributed by atoms with Crippen LogP contribution in [-0.4, -0.2) is 35.1 Å². The van der Waals surface area contributed by atoms with Crippen molar-refractivity contribution < 1.29 is 50.9 Å². The van der Waals surface area contributed by atoms with Crippen LogP contribution in [0.3, 0.4) is 0 Å². The Hall–Kier alpha value is -4.94. The predicted molar refractivity (Wildman–Crippen MR) is 138 cm³/mol. The molecule has 0 fully saturated rings. The number of carboxylic acids is 1. The van der Waals surface area contributed by atoms with E-state index in [-0.39, 0.29) is 29.1 Å². The van der Waals surface area contributed by atoms with Crippen LogP contribution in [0.2, 0.25) is 0 Å². The second kappa shape index (κ2) is 12.5. The van der Waals surface area contributed by atoms with E-state index in [4.69, 9.17) is 20.9 Å². The zero-order chi connectivity index (χ0) is 30.4. The summed E-state index contributed by atoms with van der Waals surface area (Å²) in [5, 5.41) is 9.60. The Morgan fingerprint density at radius 2 is 1.41 bits per heavy atom. The number of carboxylic acid groups (broad SMARTS) is 1. The Kier molecular flexibility index (Phi) is 9.32. The lowest BCUT2D eigenvalue weighted by atomic mass is 10.0. The summed E-state index contributed by atoms with van der Waals surface area (Å²) in [6.07, 6.45) is -7.26. The number of anilines is 2. The fraction of sp³-hybridized carbons (Fsp3) is 0.179. The molecule has 3 aromatic rings. The third-order valence-electron chi connectivity index (χ3n) is 5.63. The molecule has 0 aromatic heterocycles. The highest BCUT2D eigenvalue weighted by Gasteiger charge is 2.57. The number of alkyl halides is 5. The first-order valence-electron chi connectivity index (χ1n) is 11.8. The summed E-state index contributed by atoms with van der Waals surface area (Å²) in [6, 6.07) is 15.4. The van der Waals surface area contributed by atoms with Crippen molar-refractivity contribution in [1.82, 2.24) is 0 Å². The molecule has 8 nitrogen and oxygen atoms in total. The van der Waals surface area contributed by atoms with E-state index in [0.717, 1.165) is 12.1 Å². The molecule has 0 aliphatic rings. The van der Waals surface area contributed by atoms with Crippen LogP contribution in [0.1, 0.15) is 34.3 Å². The Morgan fingerprint density at radius 1 is 0.829 bits per heavy atom. The number of halogens is 5. The van der Waals surface area contributed by atoms with Crippen LogP contribution in [-0.2, 0) is 16.0 Å². The summed E-state index contributed by atoms with van der Waals surface area (Å²) in [6.45, 7) is 0. The second-order valence-electron chi connectivity index (χ2n) is 8.77. The number of esters is 2. The van der Waals surface area contributed by atoms with Crippen molar-refractivity contribution in [3.05, 3.63) is 89.0 Å². The van der Waals surface area contributed by atoms with E-state index >= 15 is 0 Å². The Labute approximate surface area is 230 Å². The summed E-state index contributed by atoms with van der Waals surface area (Å²) >= 11 is 0. The first kappa shape index (κ1) is 30.6. The molecular weight excluding hydrogens is 555 g/mol. The molecule has 0 radical (unpaired) electrons. The van der Waals surface area contributed by atoms with E-state index in [0.29, 0.717) is 22.5 Å². The molecule has 13 heteroatoms. The van der Waals surface area contributed by atoms with Gasteiger partial charge in [0.15, 0.2) is 0 Å². The van der Waals surface area contributed by atoms with Crippen LogP contribution in [0.4, 0.5) is 33.3 Å². The van der Waals surface area contributed by atoms with Crippen LogP contribution in [0.5, 0.6) is 11.5 Å². The minimum atomic E-state index is -5.78. The van der Waals surface area contributed by atoms with Crippen LogP contribution >= 0.6 is 0 Å². The molecule has 0 aliphatic heterocycles. The van der Waals surface area contributed by atoms with Gasteiger partial charge in [-0.1, -0.05) is 12.1 Å². The standard InChI is InChI=1S/C28H23F5N2O6/c29-27(30,28(31,32)33)12-11-24(36)40-21-8-3-17(4-9-21)26(39)41-22-6-1-16(2-7-22)13-19(25(37)38)14-18-15-20(34)5-10-23(18)35/h1-10,13,15H,11-12,14,34-35H2,(H,37,38)/b19-13+. The average Bonchev–Trinajstić information content (AvgIpc) is 2.90. The highest BCUT2D eigenvalue weighted by atomic mass is 19.4. The molecule has 0 aliphatic carbocycles. The SMILES string of the molecule is Nc1ccc(N)c(C/C(=C\c2ccc(OC(=O)c3ccc(OC(=O)CCC(F)(F)C(F)(F)F)cc3)cc2)C(=O)O)c1. The van der Waals surface area contributed by atoms with E-state index < -0.39 is 42.8 Å². The summed E-state index contributed by atoms with van der Waals surface area (Å²) < 4.78 is 72.5. The lowest BCUT2D eigenvalue weighted by Crippen LogP contribution is -2.37. The summed E-state index contributed by atoms with van der Waals surface area (Å²) in [7, 11) is 0. The third-order valence-corrected chi connectivity index (χ3v) is 5.63. The Balaban J connectivity index is 1.59. The van der Waals surface area contributed by atoms with Gasteiger partial charge in [-0.2, -0.15) is 22.0 Å². The zero-order valence-corrected chi connectivity index (χ0v) is 21.1. The van der Waals surface area contributed by atoms with Crippen molar-refractivity contribution in [2.24, 2.45) is 0 Å². The van der Waals surface area contributed by atoms with Crippen molar-refractivity contribution in [1.29, 1.82) is 0 Å². The molecule has 0 amide bonds. The van der Waals surface area contributed by atoms with E-state index in [9.17, 15) is 41.4 Å². The van der Waals surface area contributed by atoms with Gasteiger partial charge in [-0.15, -0.1) is 0 Å². The molecule has 0 saturated carbocycles. The largest absolute Gasteiger partial charge is 0.478 e. The molecule has 0 spiro atoms. The topological polar surface area (TPSA) is 142 Å². The van der Waals surface area contributed by atoms with Gasteiger partial charge in [0.2, 0.25) is 0 Å². The van der Waals surface area contributed by atoms with Crippen LogP contribution in [0.15, 0.2) is 72.3 Å². The van der Waals surface area contributed by atoms with Gasteiger partial charge < -0.3 is 26.0 Å². The molecule has 3 aromatic carbocycles. The van der Waals surface area contributed by atoms with E-state index in [2.05, 4.69) is 0 Å². The normalized spacial score (nSPS) is 12.1. The maximum Gasteiger partial charge on any atom is 0.453 e. The number of rotatable bonds is 10. The van der Waals surface area contributed by atoms with Crippen molar-refractivity contribution in [3.8, 4) is 11.5 Å². The maximum absolute atomic E-state index is 12.9. The van der Waals surface area contributed by atoms with Gasteiger partial charge in [0.05, 0.1) is 12.0 Å². The van der Waals surface area contributed by atoms with E-state index in [1.807, 2.05) is 0 Å². The smallest absolute Gasteiger partial charge is 0.453 e. The molecule has 216 valence electrons. The number of aliphatic carboxylic acids is 1. The van der Waals surface area contributed by atoms with Gasteiger partial charge >= 0.3 is 30.0 Å². The zero-order valence-electron chi connectivity index (χ0n) is 21.1. The lowest BCUT2D eigenvalue weighted by Gasteiger charge is -2.18. The first-order valence-corrected chi connectivity index (χ1v) is 11.8. The average molecular weight is 578 g/mol. The summed E-state index contributed by atoms with van der Waals surface area (Å²) in [4.78, 5) is 35.8. The van der Waals surface area contributed by atoms with Gasteiger partial charge in [-0.3, -0.25) is 4.79 Å². The van der Waals surface area contributed by atoms with Gasteiger partial charge in [-0.05, 0) is 71.8 Å². The summed E-state index contributed by atoms with van der Waals surface area (Å²) in [5.41, 5.74) is 13.6. The number of ether oxygens (including phenoxy) is 2. The molecule has 0 heterocycles. The highest BCUT2D eigenvalue weighted by Crippen LogP contribution is 2.38. The van der Waals surface area contributed by atoms with Crippen molar-refractivity contribution >= 4 is 35.4 Å². The molecule has 0 saturated heterocycles. The second-order valence-corrected chi connectivity index (χ2v) is 8.77. The number of hydrogen-bond donors (Lipinski definition) is 3. The Morgan fingerprint density at radius 3 is 2.00 bits per heavy atom. The molecule has 3 rings (SSSR count). The maximum atomic E-state index is 12.9. The van der Waals surface area contributed by atoms with Gasteiger partial charge in [-0.25, -0.2) is 9.59 Å². The monoisotopic (exact) mass is 578 g/mol. The van der Waals surface area contributed by atoms with E-state index in [1.165, 1.54) is 42.5 Å². The Bertz CT molecular complexity index is 1450. The molecule has 0 atom stereocenters. The third kappa shape index (κ3) is 8.52. The number of benzene rings is 3. The lowest BCUT2D eigenvalue weighted by molar-refractivity contribution is -0.284. The highest BCUT2D eigenvalue weighted by molar-refractivity contribution is 5.93. The van der Waals surface area contributed by atoms with Crippen molar-refractivity contribution in [2.45, 2.75) is 31.4 Å². The molecular formula is C28H23F5N2O6. The van der Waals surface area contributed by atoms with E-state index in [1.54, 1.807) is 18.2 Å². The van der Waals surface area contributed by atoms with Crippen molar-refractivity contribution in [2.75, 3.05) is 11.5 Å². The molecule has 0 bridgehead atoms. The predicted octanol–water partition coefficient (Wildman–Crippen LogP) is 5.66. The van der Waals surface area contributed by atoms with Crippen molar-refractivity contribution in [3.63, 3.8) is 0 Å². The number of carbonyl (C=O) groups excluding carboxylic acids is 2. The van der Waals surface area contributed by atoms with Crippen LogP contribution < -0.4 is 20.9 Å². The van der Waals surface area contributed by atoms with Crippen LogP contribution in [0, 0.1) is 0 Å². The molecule has 41 heavy (non-hydrogen) atoms. The van der Waals surface area contributed by atoms with Gasteiger partial charge in [0.1, 0.15) is 11.5 Å². The number of hydrogen-bond acceptors (Lipinski definition) is 7. The molecule has 5 N–H and O–H groups in total. The number of nitrogens with two attached hydrogens (primary N) is 2.